The maximum Gasteiger partial charge on any atom is 0.269 e. The van der Waals surface area contributed by atoms with Crippen LogP contribution >= 0.6 is 11.8 Å². The van der Waals surface area contributed by atoms with Crippen LogP contribution in [0, 0.1) is 10.1 Å². The molecule has 2 aromatic rings. The number of hydrogen-bond acceptors (Lipinski definition) is 5. The Morgan fingerprint density at radius 3 is 2.79 bits per heavy atom. The van der Waals surface area contributed by atoms with E-state index in [1.54, 1.807) is 18.3 Å². The Hall–Kier alpha value is -1.92. The normalized spacial score (nSPS) is 10.4. The lowest BCUT2D eigenvalue weighted by molar-refractivity contribution is -0.385. The first-order chi connectivity index (χ1) is 9.20. The molecule has 0 atom stereocenters. The molecule has 0 fully saturated rings. The predicted molar refractivity (Wildman–Crippen MR) is 74.2 cm³/mol. The molecule has 0 aliphatic carbocycles. The van der Waals surface area contributed by atoms with Gasteiger partial charge >= 0.3 is 0 Å². The quantitative estimate of drug-likeness (QED) is 0.670. The van der Waals surface area contributed by atoms with E-state index in [9.17, 15) is 10.1 Å². The molecule has 0 saturated heterocycles. The summed E-state index contributed by atoms with van der Waals surface area (Å²) in [6, 6.07) is 10.5. The van der Waals surface area contributed by atoms with Crippen LogP contribution in [0.15, 0.2) is 52.5 Å². The fourth-order valence-corrected chi connectivity index (χ4v) is 2.56. The van der Waals surface area contributed by atoms with Crippen molar-refractivity contribution in [2.45, 2.75) is 16.3 Å². The lowest BCUT2D eigenvalue weighted by Crippen LogP contribution is -2.04. The molecule has 0 aliphatic heterocycles. The zero-order valence-corrected chi connectivity index (χ0v) is 11.0. The van der Waals surface area contributed by atoms with E-state index in [0.717, 1.165) is 15.5 Å². The molecule has 0 bridgehead atoms. The average Bonchev–Trinajstić information content (AvgIpc) is 2.42. The lowest BCUT2D eigenvalue weighted by atomic mass is 10.1. The molecule has 98 valence electrons. The number of benzene rings is 1. The van der Waals surface area contributed by atoms with Crippen LogP contribution in [0.1, 0.15) is 5.56 Å². The first-order valence-corrected chi connectivity index (χ1v) is 6.58. The van der Waals surface area contributed by atoms with Crippen molar-refractivity contribution in [1.29, 1.82) is 0 Å². The molecule has 0 spiro atoms. The summed E-state index contributed by atoms with van der Waals surface area (Å²) in [5.74, 6) is 0. The van der Waals surface area contributed by atoms with Crippen LogP contribution in [0.5, 0.6) is 0 Å². The van der Waals surface area contributed by atoms with Crippen LogP contribution in [0.2, 0.25) is 0 Å². The van der Waals surface area contributed by atoms with Gasteiger partial charge in [-0.3, -0.25) is 10.1 Å². The van der Waals surface area contributed by atoms with E-state index in [-0.39, 0.29) is 5.69 Å². The zero-order chi connectivity index (χ0) is 13.7. The molecule has 0 amide bonds. The minimum atomic E-state index is -0.394. The van der Waals surface area contributed by atoms with Gasteiger partial charge in [0.05, 0.1) is 4.92 Å². The third-order valence-corrected chi connectivity index (χ3v) is 3.59. The fourth-order valence-electron chi connectivity index (χ4n) is 1.65. The Balaban J connectivity index is 2.31. The molecule has 19 heavy (non-hydrogen) atoms. The number of nitrogens with two attached hydrogens (primary N) is 1. The molecule has 0 saturated carbocycles. The van der Waals surface area contributed by atoms with E-state index in [1.807, 2.05) is 18.2 Å². The fraction of sp³-hybridized carbons (Fsp3) is 0.154. The second-order valence-electron chi connectivity index (χ2n) is 3.86. The molecule has 5 nitrogen and oxygen atoms in total. The minimum absolute atomic E-state index is 0.0915. The van der Waals surface area contributed by atoms with Crippen LogP contribution < -0.4 is 5.73 Å². The van der Waals surface area contributed by atoms with E-state index < -0.39 is 4.92 Å². The third kappa shape index (κ3) is 3.52. The summed E-state index contributed by atoms with van der Waals surface area (Å²) in [5.41, 5.74) is 6.53. The van der Waals surface area contributed by atoms with Gasteiger partial charge in [-0.25, -0.2) is 4.98 Å². The van der Waals surface area contributed by atoms with Gasteiger partial charge in [0.2, 0.25) is 0 Å². The number of non-ortho nitro benzene ring substituents is 1. The number of aromatic nitrogens is 1. The van der Waals surface area contributed by atoms with Crippen molar-refractivity contribution in [2.24, 2.45) is 5.73 Å². The first-order valence-electron chi connectivity index (χ1n) is 5.77. The van der Waals surface area contributed by atoms with Gasteiger partial charge in [-0.2, -0.15) is 0 Å². The van der Waals surface area contributed by atoms with Crippen LogP contribution in [-0.4, -0.2) is 16.5 Å². The van der Waals surface area contributed by atoms with Gasteiger partial charge in [-0.15, -0.1) is 0 Å². The summed E-state index contributed by atoms with van der Waals surface area (Å²) < 4.78 is 0. The molecular weight excluding hydrogens is 262 g/mol. The Bertz CT molecular complexity index is 575. The SMILES string of the molecule is NCCc1cc([N+](=O)[O-])ccc1Sc1ccccn1. The van der Waals surface area contributed by atoms with Crippen LogP contribution in [0.4, 0.5) is 5.69 Å². The summed E-state index contributed by atoms with van der Waals surface area (Å²) in [7, 11) is 0. The summed E-state index contributed by atoms with van der Waals surface area (Å²) in [5, 5.41) is 11.6. The maximum absolute atomic E-state index is 10.8. The summed E-state index contributed by atoms with van der Waals surface area (Å²) in [6.07, 6.45) is 2.33. The number of nitro groups is 1. The van der Waals surface area contributed by atoms with Crippen LogP contribution in [-0.2, 0) is 6.42 Å². The summed E-state index contributed by atoms with van der Waals surface area (Å²) in [4.78, 5) is 15.6. The number of nitro benzene ring substituents is 1. The zero-order valence-electron chi connectivity index (χ0n) is 10.2. The van der Waals surface area contributed by atoms with Gasteiger partial charge < -0.3 is 5.73 Å². The summed E-state index contributed by atoms with van der Waals surface area (Å²) in [6.45, 7) is 0.455. The van der Waals surface area contributed by atoms with Gasteiger partial charge in [0.15, 0.2) is 0 Å². The van der Waals surface area contributed by atoms with Gasteiger partial charge in [-0.1, -0.05) is 17.8 Å². The van der Waals surface area contributed by atoms with E-state index in [0.29, 0.717) is 13.0 Å². The monoisotopic (exact) mass is 275 g/mol. The molecule has 0 radical (unpaired) electrons. The lowest BCUT2D eigenvalue weighted by Gasteiger charge is -2.07. The Morgan fingerprint density at radius 1 is 1.32 bits per heavy atom. The van der Waals surface area contributed by atoms with E-state index in [4.69, 9.17) is 5.73 Å². The topological polar surface area (TPSA) is 82.0 Å². The smallest absolute Gasteiger partial charge is 0.269 e. The summed E-state index contributed by atoms with van der Waals surface area (Å²) >= 11 is 1.49. The van der Waals surface area contributed by atoms with Crippen molar-refractivity contribution < 1.29 is 4.92 Å². The Morgan fingerprint density at radius 2 is 2.16 bits per heavy atom. The van der Waals surface area contributed by atoms with Crippen molar-refractivity contribution in [3.8, 4) is 0 Å². The average molecular weight is 275 g/mol. The standard InChI is InChI=1S/C13H13N3O2S/c14-7-6-10-9-11(16(17)18)4-5-12(10)19-13-3-1-2-8-15-13/h1-5,8-9H,6-7,14H2. The molecular formula is C13H13N3O2S. The van der Waals surface area contributed by atoms with Crippen molar-refractivity contribution in [2.75, 3.05) is 6.54 Å². The molecule has 1 aromatic heterocycles. The molecule has 1 aromatic carbocycles. The van der Waals surface area contributed by atoms with Crippen molar-refractivity contribution >= 4 is 17.4 Å². The predicted octanol–water partition coefficient (Wildman–Crippen LogP) is 2.64. The number of nitrogens with zero attached hydrogens (tertiary/aromatic N) is 2. The molecule has 0 aliphatic rings. The Labute approximate surface area is 115 Å². The minimum Gasteiger partial charge on any atom is -0.330 e. The van der Waals surface area contributed by atoms with E-state index in [2.05, 4.69) is 4.98 Å². The van der Waals surface area contributed by atoms with Crippen molar-refractivity contribution in [1.82, 2.24) is 4.98 Å². The Kier molecular flexibility index (Phi) is 4.48. The van der Waals surface area contributed by atoms with Gasteiger partial charge in [-0.05, 0) is 36.7 Å². The highest BCUT2D eigenvalue weighted by molar-refractivity contribution is 7.99. The third-order valence-electron chi connectivity index (χ3n) is 2.52. The van der Waals surface area contributed by atoms with E-state index >= 15 is 0 Å². The number of hydrogen-bond donors (Lipinski definition) is 1. The molecule has 6 heteroatoms. The van der Waals surface area contributed by atoms with Crippen molar-refractivity contribution in [3.63, 3.8) is 0 Å². The van der Waals surface area contributed by atoms with Crippen LogP contribution in [0.3, 0.4) is 0 Å². The number of rotatable bonds is 5. The van der Waals surface area contributed by atoms with E-state index in [1.165, 1.54) is 17.8 Å². The van der Waals surface area contributed by atoms with Gasteiger partial charge in [0.1, 0.15) is 5.03 Å². The highest BCUT2D eigenvalue weighted by Crippen LogP contribution is 2.31. The highest BCUT2D eigenvalue weighted by atomic mass is 32.2. The second-order valence-corrected chi connectivity index (χ2v) is 4.92. The molecule has 1 heterocycles. The van der Waals surface area contributed by atoms with Gasteiger partial charge in [0.25, 0.3) is 5.69 Å². The van der Waals surface area contributed by atoms with Crippen LogP contribution in [0.25, 0.3) is 0 Å². The number of pyridine rings is 1. The highest BCUT2D eigenvalue weighted by Gasteiger charge is 2.11. The molecule has 0 unspecified atom stereocenters. The van der Waals surface area contributed by atoms with Crippen molar-refractivity contribution in [3.05, 3.63) is 58.3 Å². The molecule has 2 rings (SSSR count). The maximum atomic E-state index is 10.8. The van der Waals surface area contributed by atoms with Gasteiger partial charge in [0, 0.05) is 23.2 Å². The molecule has 2 N–H and O–H groups in total. The first kappa shape index (κ1) is 13.5. The largest absolute Gasteiger partial charge is 0.330 e. The second kappa shape index (κ2) is 6.31.